The Balaban J connectivity index is 2.35. The molecule has 0 N–H and O–H groups in total. The van der Waals surface area contributed by atoms with Crippen LogP contribution in [-0.2, 0) is 4.79 Å². The van der Waals surface area contributed by atoms with Crippen molar-refractivity contribution in [2.24, 2.45) is 0 Å². The van der Waals surface area contributed by atoms with E-state index in [4.69, 9.17) is 21.1 Å². The van der Waals surface area contributed by atoms with Crippen molar-refractivity contribution in [2.45, 2.75) is 51.0 Å². The lowest BCUT2D eigenvalue weighted by molar-refractivity contribution is -0.108. The van der Waals surface area contributed by atoms with Gasteiger partial charge in [0.2, 0.25) is 0 Å². The first-order chi connectivity index (χ1) is 9.65. The lowest BCUT2D eigenvalue weighted by Crippen LogP contribution is -2.14. The molecule has 1 aromatic rings. The third-order valence-corrected chi connectivity index (χ3v) is 4.05. The summed E-state index contributed by atoms with van der Waals surface area (Å²) in [5, 5.41) is 0.605. The van der Waals surface area contributed by atoms with Gasteiger partial charge in [0.25, 0.3) is 0 Å². The summed E-state index contributed by atoms with van der Waals surface area (Å²) < 4.78 is 11.6. The molecular formula is C16H21ClO3. The van der Waals surface area contributed by atoms with Gasteiger partial charge in [-0.2, -0.15) is 0 Å². The van der Waals surface area contributed by atoms with Gasteiger partial charge in [0.05, 0.1) is 13.2 Å². The number of hydrogen-bond donors (Lipinski definition) is 0. The molecule has 0 aliphatic heterocycles. The molecule has 0 bridgehead atoms. The van der Waals surface area contributed by atoms with Crippen LogP contribution < -0.4 is 9.47 Å². The Labute approximate surface area is 125 Å². The number of methoxy groups -OCH3 is 1. The average molecular weight is 297 g/mol. The number of carbonyl (C=O) groups is 1. The maximum atomic E-state index is 10.8. The molecule has 0 amide bonds. The van der Waals surface area contributed by atoms with Gasteiger partial charge in [0.15, 0.2) is 11.5 Å². The predicted octanol–water partition coefficient (Wildman–Crippen LogP) is 4.36. The van der Waals surface area contributed by atoms with Crippen molar-refractivity contribution >= 4 is 17.9 Å². The second kappa shape index (κ2) is 6.98. The molecule has 2 rings (SSSR count). The fraction of sp³-hybridized carbons (Fsp3) is 0.562. The minimum atomic E-state index is 0.0662. The molecule has 0 radical (unpaired) electrons. The van der Waals surface area contributed by atoms with Gasteiger partial charge in [-0.25, -0.2) is 0 Å². The zero-order valence-corrected chi connectivity index (χ0v) is 12.8. The van der Waals surface area contributed by atoms with Crippen molar-refractivity contribution in [1.82, 2.24) is 0 Å². The third-order valence-electron chi connectivity index (χ3n) is 3.84. The molecule has 1 aromatic carbocycles. The van der Waals surface area contributed by atoms with Crippen LogP contribution in [0.4, 0.5) is 0 Å². The number of rotatable bonds is 6. The van der Waals surface area contributed by atoms with Crippen LogP contribution >= 0.6 is 11.6 Å². The molecule has 1 atom stereocenters. The van der Waals surface area contributed by atoms with E-state index in [2.05, 4.69) is 0 Å². The van der Waals surface area contributed by atoms with Gasteiger partial charge in [-0.3, -0.25) is 0 Å². The normalized spacial score (nSPS) is 16.9. The quantitative estimate of drug-likeness (QED) is 0.732. The van der Waals surface area contributed by atoms with Crippen molar-refractivity contribution < 1.29 is 14.3 Å². The van der Waals surface area contributed by atoms with Crippen molar-refractivity contribution in [3.05, 3.63) is 22.7 Å². The maximum Gasteiger partial charge on any atom is 0.165 e. The molecule has 1 aliphatic rings. The summed E-state index contributed by atoms with van der Waals surface area (Å²) in [6.45, 7) is 2.00. The molecule has 1 saturated carbocycles. The lowest BCUT2D eigenvalue weighted by Gasteiger charge is -2.22. The Hall–Kier alpha value is -1.22. The highest BCUT2D eigenvalue weighted by Crippen LogP contribution is 2.41. The minimum absolute atomic E-state index is 0.0662. The van der Waals surface area contributed by atoms with Crippen LogP contribution in [0.5, 0.6) is 11.5 Å². The van der Waals surface area contributed by atoms with Gasteiger partial charge in [-0.15, -0.1) is 0 Å². The SMILES string of the molecule is COc1cc(Cl)cc(C(C)CC=O)c1OC1CCCC1. The molecule has 110 valence electrons. The molecule has 1 unspecified atom stereocenters. The first kappa shape index (κ1) is 15.2. The summed E-state index contributed by atoms with van der Waals surface area (Å²) in [5.41, 5.74) is 0.952. The Bertz CT molecular complexity index is 467. The molecule has 1 aliphatic carbocycles. The maximum absolute atomic E-state index is 10.8. The van der Waals surface area contributed by atoms with Crippen LogP contribution in [0.15, 0.2) is 12.1 Å². The van der Waals surface area contributed by atoms with E-state index in [0.717, 1.165) is 30.4 Å². The second-order valence-corrected chi connectivity index (χ2v) is 5.79. The fourth-order valence-corrected chi connectivity index (χ4v) is 2.89. The second-order valence-electron chi connectivity index (χ2n) is 5.35. The standard InChI is InChI=1S/C16H21ClO3/c1-11(7-8-18)14-9-12(17)10-15(19-2)16(14)20-13-5-3-4-6-13/h8-11,13H,3-7H2,1-2H3. The zero-order valence-electron chi connectivity index (χ0n) is 12.0. The molecular weight excluding hydrogens is 276 g/mol. The number of halogens is 1. The zero-order chi connectivity index (χ0) is 14.5. The van der Waals surface area contributed by atoms with E-state index >= 15 is 0 Å². The van der Waals surface area contributed by atoms with E-state index < -0.39 is 0 Å². The lowest BCUT2D eigenvalue weighted by atomic mass is 9.97. The highest BCUT2D eigenvalue weighted by atomic mass is 35.5. The van der Waals surface area contributed by atoms with Crippen LogP contribution in [-0.4, -0.2) is 19.5 Å². The third kappa shape index (κ3) is 3.45. The molecule has 4 heteroatoms. The Morgan fingerprint density at radius 1 is 1.40 bits per heavy atom. The van der Waals surface area contributed by atoms with Crippen LogP contribution in [0.3, 0.4) is 0 Å². The molecule has 0 saturated heterocycles. The highest BCUT2D eigenvalue weighted by Gasteiger charge is 2.23. The first-order valence-electron chi connectivity index (χ1n) is 7.13. The predicted molar refractivity (Wildman–Crippen MR) is 80.0 cm³/mol. The number of benzene rings is 1. The van der Waals surface area contributed by atoms with E-state index in [1.54, 1.807) is 13.2 Å². The summed E-state index contributed by atoms with van der Waals surface area (Å²) >= 11 is 6.14. The minimum Gasteiger partial charge on any atom is -0.493 e. The van der Waals surface area contributed by atoms with Crippen LogP contribution in [0.25, 0.3) is 0 Å². The van der Waals surface area contributed by atoms with E-state index in [1.165, 1.54) is 12.8 Å². The Morgan fingerprint density at radius 2 is 2.10 bits per heavy atom. The summed E-state index contributed by atoms with van der Waals surface area (Å²) in [6.07, 6.45) is 6.19. The monoisotopic (exact) mass is 296 g/mol. The van der Waals surface area contributed by atoms with Gasteiger partial charge in [0.1, 0.15) is 6.29 Å². The Kier molecular flexibility index (Phi) is 5.30. The van der Waals surface area contributed by atoms with Crippen molar-refractivity contribution in [2.75, 3.05) is 7.11 Å². The first-order valence-corrected chi connectivity index (χ1v) is 7.51. The van der Waals surface area contributed by atoms with Crippen LogP contribution in [0.1, 0.15) is 50.5 Å². The van der Waals surface area contributed by atoms with Crippen LogP contribution in [0, 0.1) is 0 Å². The summed E-state index contributed by atoms with van der Waals surface area (Å²) in [6, 6.07) is 3.64. The Morgan fingerprint density at radius 3 is 2.70 bits per heavy atom. The topological polar surface area (TPSA) is 35.5 Å². The van der Waals surface area contributed by atoms with E-state index in [-0.39, 0.29) is 12.0 Å². The van der Waals surface area contributed by atoms with Crippen LogP contribution in [0.2, 0.25) is 5.02 Å². The van der Waals surface area contributed by atoms with Crippen molar-refractivity contribution in [1.29, 1.82) is 0 Å². The molecule has 1 fully saturated rings. The summed E-state index contributed by atoms with van der Waals surface area (Å²) in [4.78, 5) is 10.8. The largest absolute Gasteiger partial charge is 0.493 e. The smallest absolute Gasteiger partial charge is 0.165 e. The molecule has 0 aromatic heterocycles. The number of ether oxygens (including phenoxy) is 2. The molecule has 20 heavy (non-hydrogen) atoms. The van der Waals surface area contributed by atoms with Gasteiger partial charge in [-0.1, -0.05) is 18.5 Å². The summed E-state index contributed by atoms with van der Waals surface area (Å²) in [5.74, 6) is 1.46. The van der Waals surface area contributed by atoms with E-state index in [0.29, 0.717) is 17.2 Å². The number of hydrogen-bond acceptors (Lipinski definition) is 3. The highest BCUT2D eigenvalue weighted by molar-refractivity contribution is 6.30. The number of carbonyl (C=O) groups excluding carboxylic acids is 1. The molecule has 0 heterocycles. The van der Waals surface area contributed by atoms with E-state index in [9.17, 15) is 4.79 Å². The summed E-state index contributed by atoms with van der Waals surface area (Å²) in [7, 11) is 1.61. The van der Waals surface area contributed by atoms with Crippen molar-refractivity contribution in [3.8, 4) is 11.5 Å². The van der Waals surface area contributed by atoms with Gasteiger partial charge in [0, 0.05) is 23.1 Å². The average Bonchev–Trinajstić information content (AvgIpc) is 2.93. The molecule has 0 spiro atoms. The van der Waals surface area contributed by atoms with Crippen molar-refractivity contribution in [3.63, 3.8) is 0 Å². The molecule has 3 nitrogen and oxygen atoms in total. The fourth-order valence-electron chi connectivity index (χ4n) is 2.68. The van der Waals surface area contributed by atoms with E-state index in [1.807, 2.05) is 13.0 Å². The van der Waals surface area contributed by atoms with Gasteiger partial charge >= 0.3 is 0 Å². The number of aldehydes is 1. The van der Waals surface area contributed by atoms with Gasteiger partial charge in [-0.05, 0) is 37.7 Å². The van der Waals surface area contributed by atoms with Gasteiger partial charge < -0.3 is 14.3 Å².